The molecule has 0 radical (unpaired) electrons. The molecule has 3 amide bonds. The number of carbonyl (C=O) groups excluding carboxylic acids is 3. The zero-order valence-corrected chi connectivity index (χ0v) is 26.7. The number of benzene rings is 2. The zero-order valence-electron chi connectivity index (χ0n) is 26.7. The van der Waals surface area contributed by atoms with Gasteiger partial charge in [0.2, 0.25) is 5.91 Å². The van der Waals surface area contributed by atoms with Gasteiger partial charge in [0.25, 0.3) is 0 Å². The highest BCUT2D eigenvalue weighted by Gasteiger charge is 2.30. The minimum atomic E-state index is -1.28. The Morgan fingerprint density at radius 2 is 1.28 bits per heavy atom. The van der Waals surface area contributed by atoms with Crippen LogP contribution in [0.3, 0.4) is 0 Å². The Bertz CT molecular complexity index is 1250. The maximum absolute atomic E-state index is 12.5. The highest BCUT2D eigenvalue weighted by molar-refractivity contribution is 5.82. The molecule has 4 N–H and O–H groups in total. The van der Waals surface area contributed by atoms with Gasteiger partial charge in [-0.25, -0.2) is 14.4 Å². The molecule has 1 unspecified atom stereocenters. The van der Waals surface area contributed by atoms with Crippen molar-refractivity contribution >= 4 is 24.1 Å². The Labute approximate surface area is 269 Å². The molecule has 2 aromatic rings. The van der Waals surface area contributed by atoms with E-state index in [-0.39, 0.29) is 44.4 Å². The fraction of sp³-hybridized carbons (Fsp3) is 0.515. The van der Waals surface area contributed by atoms with Crippen molar-refractivity contribution in [3.8, 4) is 11.1 Å². The second kappa shape index (κ2) is 18.7. The summed E-state index contributed by atoms with van der Waals surface area (Å²) in [5.74, 6) is -1.77. The van der Waals surface area contributed by atoms with Crippen molar-refractivity contribution in [2.45, 2.75) is 51.2 Å². The predicted octanol–water partition coefficient (Wildman–Crippen LogP) is 3.45. The third kappa shape index (κ3) is 12.7. The number of amides is 3. The molecule has 13 heteroatoms. The second-order valence-corrected chi connectivity index (χ2v) is 11.5. The molecular weight excluding hydrogens is 598 g/mol. The van der Waals surface area contributed by atoms with Crippen LogP contribution in [0.4, 0.5) is 9.59 Å². The Hall–Kier alpha value is -4.20. The number of hydrogen-bond acceptors (Lipinski definition) is 9. The van der Waals surface area contributed by atoms with Gasteiger partial charge in [-0.05, 0) is 49.4 Å². The Morgan fingerprint density at radius 3 is 1.83 bits per heavy atom. The summed E-state index contributed by atoms with van der Waals surface area (Å²) in [6.07, 6.45) is -1.55. The fourth-order valence-corrected chi connectivity index (χ4v) is 4.75. The molecule has 0 spiro atoms. The van der Waals surface area contributed by atoms with Crippen LogP contribution < -0.4 is 16.0 Å². The topological polar surface area (TPSA) is 171 Å². The second-order valence-electron chi connectivity index (χ2n) is 11.5. The molecule has 0 saturated carbocycles. The molecule has 0 aliphatic heterocycles. The van der Waals surface area contributed by atoms with Crippen LogP contribution in [0.1, 0.15) is 50.7 Å². The van der Waals surface area contributed by atoms with E-state index < -0.39 is 29.8 Å². The molecule has 1 atom stereocenters. The first kappa shape index (κ1) is 36.3. The lowest BCUT2D eigenvalue weighted by Gasteiger charge is -2.19. The van der Waals surface area contributed by atoms with Crippen molar-refractivity contribution in [3.63, 3.8) is 0 Å². The number of ether oxygens (including phenoxy) is 5. The van der Waals surface area contributed by atoms with Gasteiger partial charge in [-0.2, -0.15) is 0 Å². The maximum Gasteiger partial charge on any atom is 0.407 e. The van der Waals surface area contributed by atoms with E-state index in [1.807, 2.05) is 48.5 Å². The van der Waals surface area contributed by atoms with Crippen molar-refractivity contribution < 1.29 is 48.0 Å². The van der Waals surface area contributed by atoms with Crippen LogP contribution in [0.25, 0.3) is 11.1 Å². The molecule has 1 aliphatic carbocycles. The first-order valence-electron chi connectivity index (χ1n) is 15.4. The molecule has 0 fully saturated rings. The Morgan fingerprint density at radius 1 is 0.761 bits per heavy atom. The van der Waals surface area contributed by atoms with Gasteiger partial charge < -0.3 is 44.7 Å². The summed E-state index contributed by atoms with van der Waals surface area (Å²) in [6, 6.07) is 14.5. The van der Waals surface area contributed by atoms with Crippen LogP contribution in [0.5, 0.6) is 0 Å². The highest BCUT2D eigenvalue weighted by atomic mass is 16.6. The number of fused-ring (bicyclic) bond motifs is 3. The molecule has 0 saturated heterocycles. The SMILES string of the molecule is CC(C)(C)OC(=O)NCCOCCOCCOCCNC(=O)CCC(NC(=O)OCC1c2ccccc2-c2ccccc21)C(=O)O. The van der Waals surface area contributed by atoms with E-state index >= 15 is 0 Å². The zero-order chi connectivity index (χ0) is 33.4. The molecule has 0 bridgehead atoms. The van der Waals surface area contributed by atoms with E-state index in [9.17, 15) is 24.3 Å². The standard InChI is InChI=1S/C33H45N3O10/c1-33(2,3)46-31(40)35-15-17-43-19-21-44-20-18-42-16-14-34-29(37)13-12-28(30(38)39)36-32(41)45-22-27-25-10-6-4-8-23(25)24-9-5-7-11-26(24)27/h4-11,27-28H,12-22H2,1-3H3,(H,34,37)(H,35,40)(H,36,41)(H,38,39). The number of rotatable bonds is 19. The van der Waals surface area contributed by atoms with E-state index in [0.717, 1.165) is 22.3 Å². The molecule has 0 aromatic heterocycles. The molecule has 1 aliphatic rings. The molecule has 2 aromatic carbocycles. The first-order valence-corrected chi connectivity index (χ1v) is 15.4. The number of carboxylic acids is 1. The highest BCUT2D eigenvalue weighted by Crippen LogP contribution is 2.44. The number of aliphatic carboxylic acids is 1. The van der Waals surface area contributed by atoms with Crippen molar-refractivity contribution in [2.24, 2.45) is 0 Å². The third-order valence-corrected chi connectivity index (χ3v) is 6.82. The van der Waals surface area contributed by atoms with Gasteiger partial charge in [-0.15, -0.1) is 0 Å². The number of carboxylic acid groups (broad SMARTS) is 1. The van der Waals surface area contributed by atoms with E-state index in [4.69, 9.17) is 23.7 Å². The summed E-state index contributed by atoms with van der Waals surface area (Å²) in [5, 5.41) is 17.2. The lowest BCUT2D eigenvalue weighted by atomic mass is 9.98. The van der Waals surface area contributed by atoms with Crippen molar-refractivity contribution in [2.75, 3.05) is 59.3 Å². The minimum Gasteiger partial charge on any atom is -0.480 e. The lowest BCUT2D eigenvalue weighted by Crippen LogP contribution is -2.42. The molecular formula is C33H45N3O10. The van der Waals surface area contributed by atoms with Crippen LogP contribution in [0.2, 0.25) is 0 Å². The Balaban J connectivity index is 1.20. The average molecular weight is 644 g/mol. The maximum atomic E-state index is 12.5. The third-order valence-electron chi connectivity index (χ3n) is 6.82. The van der Waals surface area contributed by atoms with Gasteiger partial charge in [0.1, 0.15) is 18.2 Å². The van der Waals surface area contributed by atoms with Crippen LogP contribution in [-0.4, -0.2) is 100 Å². The number of carbonyl (C=O) groups is 4. The largest absolute Gasteiger partial charge is 0.480 e. The van der Waals surface area contributed by atoms with Crippen molar-refractivity contribution in [1.29, 1.82) is 0 Å². The summed E-state index contributed by atoms with van der Waals surface area (Å²) in [6.45, 7) is 7.96. The summed E-state index contributed by atoms with van der Waals surface area (Å²) in [7, 11) is 0. The number of nitrogens with one attached hydrogen (secondary N) is 3. The molecule has 252 valence electrons. The van der Waals surface area contributed by atoms with Crippen LogP contribution in [-0.2, 0) is 33.3 Å². The smallest absolute Gasteiger partial charge is 0.407 e. The monoisotopic (exact) mass is 643 g/mol. The van der Waals surface area contributed by atoms with E-state index in [0.29, 0.717) is 39.6 Å². The summed E-state index contributed by atoms with van der Waals surface area (Å²) in [4.78, 5) is 47.9. The van der Waals surface area contributed by atoms with Gasteiger partial charge >= 0.3 is 18.2 Å². The molecule has 3 rings (SSSR count). The van der Waals surface area contributed by atoms with Crippen LogP contribution in [0, 0.1) is 0 Å². The van der Waals surface area contributed by atoms with Crippen LogP contribution >= 0.6 is 0 Å². The number of alkyl carbamates (subject to hydrolysis) is 2. The molecule has 46 heavy (non-hydrogen) atoms. The van der Waals surface area contributed by atoms with E-state index in [1.54, 1.807) is 20.8 Å². The average Bonchev–Trinajstić information content (AvgIpc) is 3.33. The van der Waals surface area contributed by atoms with Crippen LogP contribution in [0.15, 0.2) is 48.5 Å². The van der Waals surface area contributed by atoms with Crippen molar-refractivity contribution in [1.82, 2.24) is 16.0 Å². The summed E-state index contributed by atoms with van der Waals surface area (Å²) in [5.41, 5.74) is 3.72. The lowest BCUT2D eigenvalue weighted by molar-refractivity contribution is -0.139. The molecule has 0 heterocycles. The minimum absolute atomic E-state index is 0.0561. The number of hydrogen-bond donors (Lipinski definition) is 4. The van der Waals surface area contributed by atoms with Gasteiger partial charge in [0.05, 0.1) is 39.6 Å². The van der Waals surface area contributed by atoms with Crippen molar-refractivity contribution in [3.05, 3.63) is 59.7 Å². The van der Waals surface area contributed by atoms with E-state index in [1.165, 1.54) is 0 Å². The van der Waals surface area contributed by atoms with Gasteiger partial charge in [-0.1, -0.05) is 48.5 Å². The normalized spacial score (nSPS) is 12.8. The van der Waals surface area contributed by atoms with E-state index in [2.05, 4.69) is 16.0 Å². The van der Waals surface area contributed by atoms with Gasteiger partial charge in [0.15, 0.2) is 0 Å². The fourth-order valence-electron chi connectivity index (χ4n) is 4.75. The Kier molecular flexibility index (Phi) is 14.7. The van der Waals surface area contributed by atoms with Gasteiger partial charge in [-0.3, -0.25) is 4.79 Å². The first-order chi connectivity index (χ1) is 22.0. The predicted molar refractivity (Wildman–Crippen MR) is 169 cm³/mol. The molecule has 13 nitrogen and oxygen atoms in total. The quantitative estimate of drug-likeness (QED) is 0.166. The summed E-state index contributed by atoms with van der Waals surface area (Å²) >= 11 is 0. The summed E-state index contributed by atoms with van der Waals surface area (Å²) < 4.78 is 26.7. The van der Waals surface area contributed by atoms with Gasteiger partial charge in [0, 0.05) is 25.4 Å².